The summed E-state index contributed by atoms with van der Waals surface area (Å²) in [6.45, 7) is -4.72. The fourth-order valence-electron chi connectivity index (χ4n) is 8.42. The van der Waals surface area contributed by atoms with Gasteiger partial charge in [0, 0.05) is 57.6 Å². The van der Waals surface area contributed by atoms with Crippen molar-refractivity contribution in [3.63, 3.8) is 0 Å². The number of likely N-dealkylation sites (tertiary alicyclic amines) is 1. The topological polar surface area (TPSA) is 86.6 Å². The third-order valence-corrected chi connectivity index (χ3v) is 10.7. The van der Waals surface area contributed by atoms with E-state index in [-0.39, 0.29) is 75.8 Å². The van der Waals surface area contributed by atoms with Gasteiger partial charge >= 0.3 is 6.01 Å². The Bertz CT molecular complexity index is 2220. The molecule has 8 nitrogen and oxygen atoms in total. The van der Waals surface area contributed by atoms with Gasteiger partial charge in [-0.1, -0.05) is 18.9 Å². The van der Waals surface area contributed by atoms with E-state index in [0.29, 0.717) is 36.9 Å². The number of phenols is 1. The van der Waals surface area contributed by atoms with Crippen molar-refractivity contribution < 1.29 is 34.3 Å². The van der Waals surface area contributed by atoms with Gasteiger partial charge in [0.25, 0.3) is 0 Å². The first-order valence-electron chi connectivity index (χ1n) is 19.1. The first-order chi connectivity index (χ1) is 25.5. The highest BCUT2D eigenvalue weighted by Gasteiger charge is 2.45. The summed E-state index contributed by atoms with van der Waals surface area (Å²) in [6, 6.07) is 4.68. The van der Waals surface area contributed by atoms with Crippen molar-refractivity contribution in [2.24, 2.45) is 11.3 Å². The molecule has 4 aliphatic rings. The van der Waals surface area contributed by atoms with Crippen molar-refractivity contribution in [1.82, 2.24) is 25.2 Å². The van der Waals surface area contributed by atoms with E-state index in [1.165, 1.54) is 25.1 Å². The van der Waals surface area contributed by atoms with E-state index < -0.39 is 55.5 Å². The summed E-state index contributed by atoms with van der Waals surface area (Å²) in [4.78, 5) is 16.9. The minimum absolute atomic E-state index is 0.00506. The normalized spacial score (nSPS) is 28.9. The van der Waals surface area contributed by atoms with Crippen molar-refractivity contribution in [1.29, 1.82) is 0 Å². The number of aryl methyl sites for hydroxylation is 1. The lowest BCUT2D eigenvalue weighted by Gasteiger charge is -2.44. The van der Waals surface area contributed by atoms with Crippen LogP contribution in [-0.2, 0) is 6.42 Å². The maximum atomic E-state index is 17.4. The fraction of sp³-hybridized carbons (Fsp3) is 0.486. The predicted octanol–water partition coefficient (Wildman–Crippen LogP) is 6.06. The zero-order chi connectivity index (χ0) is 38.5. The standard InChI is InChI=1S/C37H38F4N6O2/c1-4-22-25(38)10-8-19-14-21(48)15-23(29(19)22)32-31(39)33-30-27(43-32)6-5-7-28-26-11-9-20(42-26)16-47(28)35(30)45-36(44-33)49-18-37(2)17-46(3)13-12-24(37)34(40)41/h1,8,10,14-15,20,24,26,28,34,42,48H,5-7,9,11-13,16-18H2,2-3H3/t20-,24-,26+,28-,37+/m1/s1/i3D3,18D2. The van der Waals surface area contributed by atoms with Crippen molar-refractivity contribution in [2.75, 3.05) is 38.1 Å². The van der Waals surface area contributed by atoms with Gasteiger partial charge in [-0.25, -0.2) is 22.5 Å². The summed E-state index contributed by atoms with van der Waals surface area (Å²) in [7, 11) is 0. The van der Waals surface area contributed by atoms with E-state index in [1.54, 1.807) is 0 Å². The number of ether oxygens (including phenoxy) is 1. The van der Waals surface area contributed by atoms with E-state index in [1.807, 2.05) is 4.90 Å². The van der Waals surface area contributed by atoms with Crippen molar-refractivity contribution in [2.45, 2.75) is 70.0 Å². The van der Waals surface area contributed by atoms with E-state index in [4.69, 9.17) is 28.0 Å². The molecule has 6 heterocycles. The van der Waals surface area contributed by atoms with Gasteiger partial charge < -0.3 is 25.0 Å². The van der Waals surface area contributed by atoms with Gasteiger partial charge in [-0.05, 0) is 75.6 Å². The van der Waals surface area contributed by atoms with Gasteiger partial charge in [0.05, 0.1) is 25.9 Å². The third-order valence-electron chi connectivity index (χ3n) is 10.7. The molecular weight excluding hydrogens is 636 g/mol. The van der Waals surface area contributed by atoms with Crippen LogP contribution in [0.4, 0.5) is 23.4 Å². The predicted molar refractivity (Wildman–Crippen MR) is 179 cm³/mol. The number of nitrogens with zero attached hydrogens (tertiary/aromatic N) is 5. The zero-order valence-electron chi connectivity index (χ0n) is 31.7. The lowest BCUT2D eigenvalue weighted by Crippen LogP contribution is -2.58. The monoisotopic (exact) mass is 679 g/mol. The highest BCUT2D eigenvalue weighted by atomic mass is 19.3. The number of anilines is 1. The molecule has 49 heavy (non-hydrogen) atoms. The molecule has 0 spiro atoms. The number of hydrogen-bond donors (Lipinski definition) is 2. The van der Waals surface area contributed by atoms with Gasteiger partial charge in [-0.3, -0.25) is 0 Å². The largest absolute Gasteiger partial charge is 0.508 e. The number of halogens is 4. The molecule has 5 atom stereocenters. The molecule has 0 saturated carbocycles. The first kappa shape index (κ1) is 26.6. The van der Waals surface area contributed by atoms with E-state index in [9.17, 15) is 13.9 Å². The van der Waals surface area contributed by atoms with Gasteiger partial charge in [-0.2, -0.15) is 9.97 Å². The van der Waals surface area contributed by atoms with Gasteiger partial charge in [-0.15, -0.1) is 6.42 Å². The molecule has 2 aromatic carbocycles. The van der Waals surface area contributed by atoms with Crippen molar-refractivity contribution in [3.8, 4) is 35.4 Å². The smallest absolute Gasteiger partial charge is 0.319 e. The van der Waals surface area contributed by atoms with Gasteiger partial charge in [0.15, 0.2) is 5.82 Å². The maximum absolute atomic E-state index is 17.4. The molecule has 3 fully saturated rings. The Labute approximate surface area is 288 Å². The molecule has 0 unspecified atom stereocenters. The minimum atomic E-state index is -3.00. The molecule has 8 rings (SSSR count). The number of phenolic OH excluding ortho intramolecular Hbond substituents is 1. The number of aromatic nitrogens is 3. The van der Waals surface area contributed by atoms with E-state index in [0.717, 1.165) is 23.8 Å². The lowest BCUT2D eigenvalue weighted by atomic mass is 9.73. The number of terminal acetylenes is 1. The number of pyridine rings is 1. The molecule has 2 bridgehead atoms. The molecule has 12 heteroatoms. The Hall–Kier alpha value is -4.21. The Morgan fingerprint density at radius 1 is 1.18 bits per heavy atom. The number of alkyl halides is 2. The zero-order valence-corrected chi connectivity index (χ0v) is 26.7. The quantitative estimate of drug-likeness (QED) is 0.195. The second kappa shape index (κ2) is 12.0. The fourth-order valence-corrected chi connectivity index (χ4v) is 8.42. The highest BCUT2D eigenvalue weighted by molar-refractivity contribution is 6.03. The van der Waals surface area contributed by atoms with Crippen LogP contribution in [0.5, 0.6) is 11.8 Å². The van der Waals surface area contributed by atoms with Crippen molar-refractivity contribution in [3.05, 3.63) is 47.2 Å². The van der Waals surface area contributed by atoms with Crippen LogP contribution in [0.2, 0.25) is 0 Å². The molecule has 3 saturated heterocycles. The number of nitrogens with one attached hydrogen (secondary N) is 1. The number of fused-ring (bicyclic) bond motifs is 6. The Kier molecular flexibility index (Phi) is 6.51. The Morgan fingerprint density at radius 3 is 2.84 bits per heavy atom. The number of piperazine rings is 1. The van der Waals surface area contributed by atoms with Crippen LogP contribution < -0.4 is 15.0 Å². The average Bonchev–Trinajstić information content (AvgIpc) is 3.49. The summed E-state index contributed by atoms with van der Waals surface area (Å²) >= 11 is 0. The molecule has 2 N–H and O–H groups in total. The Morgan fingerprint density at radius 2 is 2.04 bits per heavy atom. The van der Waals surface area contributed by atoms with Crippen LogP contribution in [0.25, 0.3) is 32.9 Å². The first-order valence-corrected chi connectivity index (χ1v) is 16.6. The molecule has 2 aromatic heterocycles. The maximum Gasteiger partial charge on any atom is 0.319 e. The number of hydrogen-bond acceptors (Lipinski definition) is 8. The van der Waals surface area contributed by atoms with E-state index >= 15 is 8.78 Å². The molecule has 4 aliphatic heterocycles. The molecule has 256 valence electrons. The molecule has 0 amide bonds. The molecule has 4 aromatic rings. The number of piperidine rings is 1. The molecular formula is C37H38F4N6O2. The van der Waals surface area contributed by atoms with Gasteiger partial charge in [0.1, 0.15) is 28.6 Å². The SMILES string of the molecule is [2H]C([2H])([2H])N1CC[C@H](C(F)F)[C@](C)(C([2H])([2H])Oc2nc3c4c(nc(-c5cc(O)cc6ccc(F)c(C#C)c56)c(F)c4n2)CCC[C@@H]2[C@@H]4CC[C@H](CN32)N4)C1. The van der Waals surface area contributed by atoms with Crippen LogP contribution in [0, 0.1) is 35.3 Å². The van der Waals surface area contributed by atoms with Crippen LogP contribution in [0.15, 0.2) is 24.3 Å². The number of rotatable bonds is 5. The number of benzene rings is 2. The summed E-state index contributed by atoms with van der Waals surface area (Å²) in [6.07, 6.45) is 5.97. The summed E-state index contributed by atoms with van der Waals surface area (Å²) in [5.74, 6) is -0.991. The molecule has 0 radical (unpaired) electrons. The summed E-state index contributed by atoms with van der Waals surface area (Å²) in [5.41, 5.74) is -2.40. The number of aromatic hydroxyl groups is 1. The van der Waals surface area contributed by atoms with Crippen LogP contribution in [0.3, 0.4) is 0 Å². The lowest BCUT2D eigenvalue weighted by molar-refractivity contribution is -0.0679. The van der Waals surface area contributed by atoms with Gasteiger partial charge in [0.2, 0.25) is 6.43 Å². The molecule has 0 aliphatic carbocycles. The summed E-state index contributed by atoms with van der Waals surface area (Å²) in [5, 5.41) is 15.1. The Balaban J connectivity index is 1.35. The second-order valence-corrected chi connectivity index (χ2v) is 13.9. The van der Waals surface area contributed by atoms with Crippen LogP contribution in [0.1, 0.15) is 57.1 Å². The second-order valence-electron chi connectivity index (χ2n) is 13.9. The van der Waals surface area contributed by atoms with Crippen molar-refractivity contribution >= 4 is 27.5 Å². The highest BCUT2D eigenvalue weighted by Crippen LogP contribution is 2.44. The summed E-state index contributed by atoms with van der Waals surface area (Å²) < 4.78 is 110. The van der Waals surface area contributed by atoms with E-state index in [2.05, 4.69) is 16.2 Å². The van der Waals surface area contributed by atoms with Crippen LogP contribution >= 0.6 is 0 Å². The minimum Gasteiger partial charge on any atom is -0.508 e. The third kappa shape index (κ3) is 5.33. The average molecular weight is 680 g/mol. The van der Waals surface area contributed by atoms with Crippen LogP contribution in [-0.4, -0.2) is 82.7 Å².